The van der Waals surface area contributed by atoms with Crippen LogP contribution in [-0.4, -0.2) is 27.6 Å². The molecule has 2 rings (SSSR count). The maximum Gasteiger partial charge on any atom is 0.123 e. The number of benzene rings is 1. The summed E-state index contributed by atoms with van der Waals surface area (Å²) in [6.07, 6.45) is 1.88. The lowest BCUT2D eigenvalue weighted by molar-refractivity contribution is 0.453. The first-order chi connectivity index (χ1) is 8.69. The van der Waals surface area contributed by atoms with Gasteiger partial charge in [0.05, 0.1) is 12.7 Å². The Balaban J connectivity index is 2.08. The minimum atomic E-state index is -0.244. The van der Waals surface area contributed by atoms with Crippen LogP contribution in [0.15, 0.2) is 30.5 Å². The molecule has 18 heavy (non-hydrogen) atoms. The standard InChI is InChI=1S/C13H17FN4/c1-3-15-10(2)8-18-9-13(16-17-18)11-4-6-12(14)7-5-11/h4-7,9-10,15H,3,8H2,1-2H3/t10-/m0/s1. The Morgan fingerprint density at radius 1 is 1.33 bits per heavy atom. The summed E-state index contributed by atoms with van der Waals surface area (Å²) in [4.78, 5) is 0. The molecule has 0 amide bonds. The van der Waals surface area contributed by atoms with Crippen molar-refractivity contribution in [3.05, 3.63) is 36.3 Å². The summed E-state index contributed by atoms with van der Waals surface area (Å²) in [5, 5.41) is 11.5. The zero-order chi connectivity index (χ0) is 13.0. The number of aromatic nitrogens is 3. The summed E-state index contributed by atoms with van der Waals surface area (Å²) < 4.78 is 14.6. The number of nitrogens with zero attached hydrogens (tertiary/aromatic N) is 3. The molecule has 1 aromatic carbocycles. The Morgan fingerprint density at radius 2 is 2.06 bits per heavy atom. The van der Waals surface area contributed by atoms with Crippen molar-refractivity contribution in [3.63, 3.8) is 0 Å². The lowest BCUT2D eigenvalue weighted by Crippen LogP contribution is -2.30. The highest BCUT2D eigenvalue weighted by Gasteiger charge is 2.06. The molecule has 1 atom stereocenters. The summed E-state index contributed by atoms with van der Waals surface area (Å²) in [7, 11) is 0. The van der Waals surface area contributed by atoms with Crippen molar-refractivity contribution in [1.82, 2.24) is 20.3 Å². The molecule has 0 saturated heterocycles. The summed E-state index contributed by atoms with van der Waals surface area (Å²) in [5.74, 6) is -0.244. The summed E-state index contributed by atoms with van der Waals surface area (Å²) in [5.41, 5.74) is 1.64. The zero-order valence-electron chi connectivity index (χ0n) is 10.6. The molecule has 1 aromatic heterocycles. The number of hydrogen-bond donors (Lipinski definition) is 1. The number of halogens is 1. The fraction of sp³-hybridized carbons (Fsp3) is 0.385. The Bertz CT molecular complexity index is 492. The Labute approximate surface area is 106 Å². The van der Waals surface area contributed by atoms with E-state index in [0.29, 0.717) is 6.04 Å². The van der Waals surface area contributed by atoms with Crippen LogP contribution in [0.1, 0.15) is 13.8 Å². The zero-order valence-corrected chi connectivity index (χ0v) is 10.6. The molecule has 0 fully saturated rings. The molecule has 0 saturated carbocycles. The van der Waals surface area contributed by atoms with Gasteiger partial charge in [0, 0.05) is 11.6 Å². The second kappa shape index (κ2) is 5.73. The predicted octanol–water partition coefficient (Wildman–Crippen LogP) is 2.08. The van der Waals surface area contributed by atoms with Gasteiger partial charge >= 0.3 is 0 Å². The summed E-state index contributed by atoms with van der Waals surface area (Å²) >= 11 is 0. The highest BCUT2D eigenvalue weighted by molar-refractivity contribution is 5.57. The average Bonchev–Trinajstić information content (AvgIpc) is 2.78. The van der Waals surface area contributed by atoms with Crippen molar-refractivity contribution >= 4 is 0 Å². The number of hydrogen-bond acceptors (Lipinski definition) is 3. The Kier molecular flexibility index (Phi) is 4.04. The molecule has 0 radical (unpaired) electrons. The van der Waals surface area contributed by atoms with Gasteiger partial charge in [-0.05, 0) is 37.7 Å². The molecule has 1 heterocycles. The molecule has 96 valence electrons. The van der Waals surface area contributed by atoms with Crippen LogP contribution in [0.3, 0.4) is 0 Å². The van der Waals surface area contributed by atoms with Gasteiger partial charge < -0.3 is 5.32 Å². The van der Waals surface area contributed by atoms with Gasteiger partial charge in [0.2, 0.25) is 0 Å². The van der Waals surface area contributed by atoms with Crippen LogP contribution in [0.2, 0.25) is 0 Å². The third-order valence-corrected chi connectivity index (χ3v) is 2.69. The minimum Gasteiger partial charge on any atom is -0.313 e. The normalized spacial score (nSPS) is 12.6. The fourth-order valence-electron chi connectivity index (χ4n) is 1.83. The minimum absolute atomic E-state index is 0.244. The van der Waals surface area contributed by atoms with Crippen molar-refractivity contribution in [2.24, 2.45) is 0 Å². The molecule has 2 aromatic rings. The smallest absolute Gasteiger partial charge is 0.123 e. The van der Waals surface area contributed by atoms with E-state index in [1.165, 1.54) is 12.1 Å². The van der Waals surface area contributed by atoms with Gasteiger partial charge in [-0.2, -0.15) is 0 Å². The lowest BCUT2D eigenvalue weighted by Gasteiger charge is -2.10. The number of likely N-dealkylation sites (N-methyl/N-ethyl adjacent to an activating group) is 1. The monoisotopic (exact) mass is 248 g/mol. The van der Waals surface area contributed by atoms with Crippen molar-refractivity contribution in [3.8, 4) is 11.3 Å². The van der Waals surface area contributed by atoms with E-state index < -0.39 is 0 Å². The summed E-state index contributed by atoms with van der Waals surface area (Å²) in [6.45, 7) is 5.87. The van der Waals surface area contributed by atoms with Crippen LogP contribution in [-0.2, 0) is 6.54 Å². The van der Waals surface area contributed by atoms with E-state index in [4.69, 9.17) is 0 Å². The maximum absolute atomic E-state index is 12.8. The van der Waals surface area contributed by atoms with Crippen LogP contribution in [0.4, 0.5) is 4.39 Å². The topological polar surface area (TPSA) is 42.7 Å². The second-order valence-corrected chi connectivity index (χ2v) is 4.29. The molecule has 0 unspecified atom stereocenters. The van der Waals surface area contributed by atoms with Gasteiger partial charge in [-0.3, -0.25) is 4.68 Å². The van der Waals surface area contributed by atoms with Crippen molar-refractivity contribution in [1.29, 1.82) is 0 Å². The molecular formula is C13H17FN4. The van der Waals surface area contributed by atoms with E-state index in [-0.39, 0.29) is 5.82 Å². The quantitative estimate of drug-likeness (QED) is 0.881. The van der Waals surface area contributed by atoms with E-state index in [0.717, 1.165) is 24.3 Å². The highest BCUT2D eigenvalue weighted by Crippen LogP contribution is 2.16. The first-order valence-corrected chi connectivity index (χ1v) is 6.08. The van der Waals surface area contributed by atoms with Gasteiger partial charge in [-0.1, -0.05) is 12.1 Å². The second-order valence-electron chi connectivity index (χ2n) is 4.29. The van der Waals surface area contributed by atoms with Crippen molar-refractivity contribution in [2.75, 3.05) is 6.54 Å². The lowest BCUT2D eigenvalue weighted by atomic mass is 10.2. The molecule has 0 aliphatic rings. The van der Waals surface area contributed by atoms with Crippen LogP contribution >= 0.6 is 0 Å². The van der Waals surface area contributed by atoms with Gasteiger partial charge in [0.15, 0.2) is 0 Å². The first-order valence-electron chi connectivity index (χ1n) is 6.08. The van der Waals surface area contributed by atoms with Crippen LogP contribution in [0.25, 0.3) is 11.3 Å². The average molecular weight is 248 g/mol. The van der Waals surface area contributed by atoms with Crippen molar-refractivity contribution < 1.29 is 4.39 Å². The van der Waals surface area contributed by atoms with E-state index in [1.807, 2.05) is 6.20 Å². The van der Waals surface area contributed by atoms with Crippen molar-refractivity contribution in [2.45, 2.75) is 26.4 Å². The predicted molar refractivity (Wildman–Crippen MR) is 68.6 cm³/mol. The van der Waals surface area contributed by atoms with E-state index in [2.05, 4.69) is 29.5 Å². The fourth-order valence-corrected chi connectivity index (χ4v) is 1.83. The van der Waals surface area contributed by atoms with Crippen LogP contribution in [0.5, 0.6) is 0 Å². The molecule has 0 aliphatic carbocycles. The van der Waals surface area contributed by atoms with Crippen LogP contribution in [0, 0.1) is 5.82 Å². The Hall–Kier alpha value is -1.75. The maximum atomic E-state index is 12.8. The van der Waals surface area contributed by atoms with Crippen LogP contribution < -0.4 is 5.32 Å². The molecule has 1 N–H and O–H groups in total. The van der Waals surface area contributed by atoms with Gasteiger partial charge in [0.1, 0.15) is 11.5 Å². The van der Waals surface area contributed by atoms with Gasteiger partial charge in [-0.15, -0.1) is 5.10 Å². The largest absolute Gasteiger partial charge is 0.313 e. The molecule has 0 aliphatic heterocycles. The van der Waals surface area contributed by atoms with E-state index >= 15 is 0 Å². The Morgan fingerprint density at radius 3 is 2.72 bits per heavy atom. The van der Waals surface area contributed by atoms with Gasteiger partial charge in [-0.25, -0.2) is 4.39 Å². The molecule has 4 nitrogen and oxygen atoms in total. The molecule has 0 spiro atoms. The number of rotatable bonds is 5. The number of nitrogens with one attached hydrogen (secondary N) is 1. The third-order valence-electron chi connectivity index (χ3n) is 2.69. The van der Waals surface area contributed by atoms with Gasteiger partial charge in [0.25, 0.3) is 0 Å². The SMILES string of the molecule is CCN[C@@H](C)Cn1cc(-c2ccc(F)cc2)nn1. The highest BCUT2D eigenvalue weighted by atomic mass is 19.1. The van der Waals surface area contributed by atoms with E-state index in [1.54, 1.807) is 16.8 Å². The van der Waals surface area contributed by atoms with E-state index in [9.17, 15) is 4.39 Å². The first kappa shape index (κ1) is 12.7. The molecular weight excluding hydrogens is 231 g/mol. The molecule has 5 heteroatoms. The molecule has 0 bridgehead atoms. The summed E-state index contributed by atoms with van der Waals surface area (Å²) in [6, 6.07) is 6.61. The third kappa shape index (κ3) is 3.13.